The molecule has 0 radical (unpaired) electrons. The quantitative estimate of drug-likeness (QED) is 0.625. The predicted molar refractivity (Wildman–Crippen MR) is 88.7 cm³/mol. The van der Waals surface area contributed by atoms with Crippen molar-refractivity contribution in [3.8, 4) is 16.2 Å². The van der Waals surface area contributed by atoms with E-state index in [1.54, 1.807) is 29.8 Å². The number of carbonyl (C=O) groups excluding carboxylic acids is 1. The Morgan fingerprint density at radius 2 is 1.90 bits per heavy atom. The second-order valence-electron chi connectivity index (χ2n) is 4.62. The van der Waals surface area contributed by atoms with Crippen LogP contribution >= 0.6 is 22.7 Å². The Hall–Kier alpha value is -1.91. The van der Waals surface area contributed by atoms with Crippen LogP contribution in [-0.4, -0.2) is 12.9 Å². The van der Waals surface area contributed by atoms with E-state index in [1.807, 2.05) is 41.8 Å². The first-order valence-corrected chi connectivity index (χ1v) is 8.31. The van der Waals surface area contributed by atoms with Crippen molar-refractivity contribution >= 4 is 28.5 Å². The summed E-state index contributed by atoms with van der Waals surface area (Å²) in [7, 11) is 1.64. The molecule has 0 saturated heterocycles. The van der Waals surface area contributed by atoms with Crippen LogP contribution in [0.3, 0.4) is 0 Å². The molecule has 3 aromatic rings. The van der Waals surface area contributed by atoms with Crippen molar-refractivity contribution in [2.24, 2.45) is 0 Å². The molecule has 0 aliphatic heterocycles. The monoisotopic (exact) mass is 314 g/mol. The van der Waals surface area contributed by atoms with Gasteiger partial charge in [-0.25, -0.2) is 0 Å². The van der Waals surface area contributed by atoms with Crippen LogP contribution in [0.2, 0.25) is 0 Å². The van der Waals surface area contributed by atoms with Crippen molar-refractivity contribution in [1.29, 1.82) is 0 Å². The number of ketones is 1. The maximum absolute atomic E-state index is 12.3. The van der Waals surface area contributed by atoms with Crippen LogP contribution in [0.5, 0.6) is 5.75 Å². The summed E-state index contributed by atoms with van der Waals surface area (Å²) in [5.74, 6) is 0.966. The highest BCUT2D eigenvalue weighted by Crippen LogP contribution is 2.30. The highest BCUT2D eigenvalue weighted by Gasteiger charge is 2.11. The lowest BCUT2D eigenvalue weighted by molar-refractivity contribution is 0.0997. The molecule has 0 aliphatic carbocycles. The lowest BCUT2D eigenvalue weighted by Crippen LogP contribution is -2.00. The number of methoxy groups -OCH3 is 1. The summed E-state index contributed by atoms with van der Waals surface area (Å²) in [4.78, 5) is 14.3. The zero-order valence-corrected chi connectivity index (χ0v) is 13.2. The zero-order chi connectivity index (χ0) is 14.7. The van der Waals surface area contributed by atoms with Crippen molar-refractivity contribution in [2.75, 3.05) is 7.11 Å². The van der Waals surface area contributed by atoms with Crippen LogP contribution < -0.4 is 4.74 Å². The molecule has 0 spiro atoms. The van der Waals surface area contributed by atoms with Crippen LogP contribution in [0.1, 0.15) is 15.2 Å². The molecular weight excluding hydrogens is 300 g/mol. The second kappa shape index (κ2) is 6.24. The average molecular weight is 314 g/mol. The highest BCUT2D eigenvalue weighted by molar-refractivity contribution is 7.17. The fourth-order valence-electron chi connectivity index (χ4n) is 2.06. The van der Waals surface area contributed by atoms with Crippen LogP contribution in [0.15, 0.2) is 53.2 Å². The molecule has 2 heterocycles. The minimum Gasteiger partial charge on any atom is -0.497 e. The zero-order valence-electron chi connectivity index (χ0n) is 11.5. The molecule has 3 rings (SSSR count). The molecule has 0 amide bonds. The Morgan fingerprint density at radius 3 is 2.57 bits per heavy atom. The molecule has 21 heavy (non-hydrogen) atoms. The summed E-state index contributed by atoms with van der Waals surface area (Å²) in [5.41, 5.74) is 2.19. The second-order valence-corrected chi connectivity index (χ2v) is 6.49. The Morgan fingerprint density at radius 1 is 1.10 bits per heavy atom. The highest BCUT2D eigenvalue weighted by atomic mass is 32.1. The molecule has 4 heteroatoms. The maximum Gasteiger partial charge on any atom is 0.177 e. The molecule has 0 unspecified atom stereocenters. The van der Waals surface area contributed by atoms with Crippen molar-refractivity contribution in [3.63, 3.8) is 0 Å². The summed E-state index contributed by atoms with van der Waals surface area (Å²) >= 11 is 3.23. The standard InChI is InChI=1S/C17H14O2S2/c1-19-14-4-2-12(3-5-14)10-15(18)17-7-6-16(21-17)13-8-9-20-11-13/h2-9,11H,10H2,1H3. The third-order valence-electron chi connectivity index (χ3n) is 3.21. The predicted octanol–water partition coefficient (Wildman–Crippen LogP) is 4.91. The molecule has 0 bridgehead atoms. The number of ether oxygens (including phenoxy) is 1. The minimum absolute atomic E-state index is 0.159. The van der Waals surface area contributed by atoms with E-state index in [4.69, 9.17) is 4.74 Å². The number of carbonyl (C=O) groups is 1. The van der Waals surface area contributed by atoms with Gasteiger partial charge >= 0.3 is 0 Å². The topological polar surface area (TPSA) is 26.3 Å². The van der Waals surface area contributed by atoms with Crippen LogP contribution in [-0.2, 0) is 6.42 Å². The Balaban J connectivity index is 1.73. The SMILES string of the molecule is COc1ccc(CC(=O)c2ccc(-c3ccsc3)s2)cc1. The number of hydrogen-bond acceptors (Lipinski definition) is 4. The maximum atomic E-state index is 12.3. The van der Waals surface area contributed by atoms with Gasteiger partial charge in [-0.3, -0.25) is 4.79 Å². The molecule has 0 aliphatic rings. The third kappa shape index (κ3) is 3.23. The summed E-state index contributed by atoms with van der Waals surface area (Å²) in [6.45, 7) is 0. The summed E-state index contributed by atoms with van der Waals surface area (Å²) < 4.78 is 5.12. The minimum atomic E-state index is 0.159. The van der Waals surface area contributed by atoms with Gasteiger partial charge in [-0.15, -0.1) is 11.3 Å². The van der Waals surface area contributed by atoms with Gasteiger partial charge in [-0.05, 0) is 46.7 Å². The fraction of sp³-hybridized carbons (Fsp3) is 0.118. The first kappa shape index (κ1) is 14.0. The van der Waals surface area contributed by atoms with Gasteiger partial charge in [0.05, 0.1) is 12.0 Å². The third-order valence-corrected chi connectivity index (χ3v) is 5.07. The van der Waals surface area contributed by atoms with Crippen molar-refractivity contribution in [3.05, 3.63) is 63.7 Å². The lowest BCUT2D eigenvalue weighted by atomic mass is 10.1. The molecule has 106 valence electrons. The largest absolute Gasteiger partial charge is 0.497 e. The number of Topliss-reactive ketones (excluding diaryl/α,β-unsaturated/α-hetero) is 1. The summed E-state index contributed by atoms with van der Waals surface area (Å²) in [6.07, 6.45) is 0.424. The van der Waals surface area contributed by atoms with Gasteiger partial charge in [-0.2, -0.15) is 11.3 Å². The summed E-state index contributed by atoms with van der Waals surface area (Å²) in [5, 5.41) is 4.15. The number of benzene rings is 1. The van der Waals surface area contributed by atoms with Gasteiger partial charge in [-0.1, -0.05) is 12.1 Å². The smallest absolute Gasteiger partial charge is 0.177 e. The Labute approximate surface area is 131 Å². The van der Waals surface area contributed by atoms with Gasteiger partial charge in [0, 0.05) is 16.9 Å². The molecular formula is C17H14O2S2. The van der Waals surface area contributed by atoms with Crippen LogP contribution in [0.4, 0.5) is 0 Å². The van der Waals surface area contributed by atoms with Gasteiger partial charge < -0.3 is 4.74 Å². The van der Waals surface area contributed by atoms with Gasteiger partial charge in [0.25, 0.3) is 0 Å². The summed E-state index contributed by atoms with van der Waals surface area (Å²) in [6, 6.07) is 13.7. The molecule has 1 aromatic carbocycles. The Kier molecular flexibility index (Phi) is 4.18. The van der Waals surface area contributed by atoms with Crippen molar-refractivity contribution in [2.45, 2.75) is 6.42 Å². The van der Waals surface area contributed by atoms with E-state index in [0.29, 0.717) is 6.42 Å². The van der Waals surface area contributed by atoms with E-state index >= 15 is 0 Å². The van der Waals surface area contributed by atoms with Crippen molar-refractivity contribution < 1.29 is 9.53 Å². The normalized spacial score (nSPS) is 10.5. The first-order valence-electron chi connectivity index (χ1n) is 6.55. The fourth-order valence-corrected chi connectivity index (χ4v) is 3.73. The molecule has 0 N–H and O–H groups in total. The van der Waals surface area contributed by atoms with E-state index in [-0.39, 0.29) is 5.78 Å². The van der Waals surface area contributed by atoms with E-state index < -0.39 is 0 Å². The molecule has 2 aromatic heterocycles. The molecule has 2 nitrogen and oxygen atoms in total. The average Bonchev–Trinajstić information content (AvgIpc) is 3.19. The van der Waals surface area contributed by atoms with Crippen molar-refractivity contribution in [1.82, 2.24) is 0 Å². The van der Waals surface area contributed by atoms with E-state index in [9.17, 15) is 4.79 Å². The molecule has 0 fully saturated rings. The van der Waals surface area contributed by atoms with E-state index in [2.05, 4.69) is 11.4 Å². The van der Waals surface area contributed by atoms with Gasteiger partial charge in [0.15, 0.2) is 5.78 Å². The lowest BCUT2D eigenvalue weighted by Gasteiger charge is -2.02. The number of thiophene rings is 2. The molecule has 0 saturated carbocycles. The number of rotatable bonds is 5. The Bertz CT molecular complexity index is 725. The molecule has 0 atom stereocenters. The van der Waals surface area contributed by atoms with Crippen LogP contribution in [0.25, 0.3) is 10.4 Å². The number of hydrogen-bond donors (Lipinski definition) is 0. The van der Waals surface area contributed by atoms with Gasteiger partial charge in [0.1, 0.15) is 5.75 Å². The van der Waals surface area contributed by atoms with E-state index in [1.165, 1.54) is 5.56 Å². The first-order chi connectivity index (χ1) is 10.3. The van der Waals surface area contributed by atoms with Gasteiger partial charge in [0.2, 0.25) is 0 Å². The van der Waals surface area contributed by atoms with E-state index in [0.717, 1.165) is 21.1 Å². The van der Waals surface area contributed by atoms with Crippen LogP contribution in [0, 0.1) is 0 Å².